The highest BCUT2D eigenvalue weighted by Gasteiger charge is 2.34. The molecule has 82 valence electrons. The second-order valence-corrected chi connectivity index (χ2v) is 4.31. The first-order valence-corrected chi connectivity index (χ1v) is 5.71. The average Bonchev–Trinajstić information content (AvgIpc) is 1.98. The van der Waals surface area contributed by atoms with Crippen LogP contribution < -0.4 is 0 Å². The first kappa shape index (κ1) is 13.4. The summed E-state index contributed by atoms with van der Waals surface area (Å²) in [6, 6.07) is 0. The zero-order valence-electron chi connectivity index (χ0n) is 6.38. The quantitative estimate of drug-likeness (QED) is 0.433. The number of carbonyl (C=O) groups is 1. The molecule has 0 saturated carbocycles. The Bertz CT molecular complexity index is 317. The van der Waals surface area contributed by atoms with Gasteiger partial charge in [0.15, 0.2) is 6.10 Å². The van der Waals surface area contributed by atoms with Gasteiger partial charge in [0.05, 0.1) is 0 Å². The molecule has 2 unspecified atom stereocenters. The van der Waals surface area contributed by atoms with Crippen LogP contribution in [0.1, 0.15) is 0 Å². The minimum absolute atomic E-state index is 1.93. The standard InChI is InChI=1S/C3H6O9P2/c4-1(3(6)13(7)8)2(5)12-14(9,10)11/h1,3-4,6H,(H2,9,10,11). The highest BCUT2D eigenvalue weighted by atomic mass is 31.2. The smallest absolute Gasteiger partial charge is 0.378 e. The van der Waals surface area contributed by atoms with E-state index in [0.717, 1.165) is 0 Å². The van der Waals surface area contributed by atoms with Crippen LogP contribution in [0.2, 0.25) is 0 Å². The van der Waals surface area contributed by atoms with E-state index in [1.807, 2.05) is 0 Å². The molecular formula is C3H6O9P2. The van der Waals surface area contributed by atoms with Gasteiger partial charge in [-0.3, -0.25) is 9.79 Å². The highest BCUT2D eigenvalue weighted by molar-refractivity contribution is 7.46. The molecule has 0 aliphatic rings. The predicted molar refractivity (Wildman–Crippen MR) is 38.4 cm³/mol. The van der Waals surface area contributed by atoms with Crippen LogP contribution in [0.4, 0.5) is 0 Å². The van der Waals surface area contributed by atoms with Gasteiger partial charge in [-0.25, -0.2) is 18.5 Å². The van der Waals surface area contributed by atoms with Crippen molar-refractivity contribution in [2.45, 2.75) is 11.9 Å². The highest BCUT2D eigenvalue weighted by Crippen LogP contribution is 2.36. The lowest BCUT2D eigenvalue weighted by molar-refractivity contribution is -0.148. The van der Waals surface area contributed by atoms with E-state index in [1.54, 1.807) is 0 Å². The molecule has 0 heterocycles. The Morgan fingerprint density at radius 3 is 2.00 bits per heavy atom. The molecule has 0 spiro atoms. The van der Waals surface area contributed by atoms with Crippen molar-refractivity contribution >= 4 is 21.5 Å². The summed E-state index contributed by atoms with van der Waals surface area (Å²) in [5.74, 6) is -4.39. The van der Waals surface area contributed by atoms with Gasteiger partial charge in [-0.1, -0.05) is 0 Å². The van der Waals surface area contributed by atoms with Crippen LogP contribution in [0.5, 0.6) is 0 Å². The maximum absolute atomic E-state index is 10.5. The number of aliphatic hydroxyl groups is 2. The van der Waals surface area contributed by atoms with Gasteiger partial charge in [0.25, 0.3) is 0 Å². The maximum atomic E-state index is 10.5. The van der Waals surface area contributed by atoms with Gasteiger partial charge in [0.1, 0.15) is 0 Å². The van der Waals surface area contributed by atoms with Crippen molar-refractivity contribution in [1.82, 2.24) is 0 Å². The number of hydrogen-bond acceptors (Lipinski definition) is 7. The van der Waals surface area contributed by atoms with E-state index in [1.165, 1.54) is 0 Å². The van der Waals surface area contributed by atoms with Gasteiger partial charge in [0.2, 0.25) is 5.85 Å². The summed E-state index contributed by atoms with van der Waals surface area (Å²) >= 11 is 0. The van der Waals surface area contributed by atoms with E-state index in [0.29, 0.717) is 0 Å². The molecule has 9 nitrogen and oxygen atoms in total. The first-order valence-electron chi connectivity index (χ1n) is 2.94. The number of carbonyl (C=O) groups excluding carboxylic acids is 1. The fourth-order valence-electron chi connectivity index (χ4n) is 0.408. The lowest BCUT2D eigenvalue weighted by atomic mass is 10.4. The molecule has 11 heteroatoms. The van der Waals surface area contributed by atoms with Gasteiger partial charge in [-0.15, -0.1) is 0 Å². The molecule has 0 aliphatic heterocycles. The topological polar surface area (TPSA) is 158 Å². The van der Waals surface area contributed by atoms with E-state index in [4.69, 9.17) is 20.0 Å². The lowest BCUT2D eigenvalue weighted by Crippen LogP contribution is -2.31. The number of hydrogen-bond donors (Lipinski definition) is 4. The summed E-state index contributed by atoms with van der Waals surface area (Å²) in [6.07, 6.45) is -2.55. The molecule has 0 aromatic carbocycles. The predicted octanol–water partition coefficient (Wildman–Crippen LogP) is -1.53. The van der Waals surface area contributed by atoms with Crippen molar-refractivity contribution in [2.75, 3.05) is 0 Å². The van der Waals surface area contributed by atoms with Crippen molar-refractivity contribution in [2.24, 2.45) is 0 Å². The minimum atomic E-state index is -5.16. The van der Waals surface area contributed by atoms with Gasteiger partial charge in [-0.05, 0) is 0 Å². The molecule has 0 rings (SSSR count). The Morgan fingerprint density at radius 1 is 1.29 bits per heavy atom. The van der Waals surface area contributed by atoms with E-state index >= 15 is 0 Å². The van der Waals surface area contributed by atoms with Crippen molar-refractivity contribution in [3.05, 3.63) is 0 Å². The first-order chi connectivity index (χ1) is 6.15. The van der Waals surface area contributed by atoms with Crippen LogP contribution in [-0.4, -0.2) is 37.9 Å². The number of rotatable bonds is 4. The van der Waals surface area contributed by atoms with Crippen LogP contribution in [0.25, 0.3) is 0 Å². The molecule has 2 atom stereocenters. The fraction of sp³-hybridized carbons (Fsp3) is 0.667. The molecule has 0 fully saturated rings. The Balaban J connectivity index is 4.49. The van der Waals surface area contributed by atoms with Crippen molar-refractivity contribution in [1.29, 1.82) is 0 Å². The molecule has 0 radical (unpaired) electrons. The Labute approximate surface area is 77.4 Å². The number of aliphatic hydroxyl groups excluding tert-OH is 2. The van der Waals surface area contributed by atoms with Gasteiger partial charge < -0.3 is 14.7 Å². The average molecular weight is 248 g/mol. The van der Waals surface area contributed by atoms with E-state index in [9.17, 15) is 18.5 Å². The van der Waals surface area contributed by atoms with Gasteiger partial charge in [-0.2, -0.15) is 0 Å². The SMILES string of the molecule is O=C(OP(=O)(O)O)C(O)C(O)P(=O)=O. The minimum Gasteiger partial charge on any atom is -0.378 e. The summed E-state index contributed by atoms with van der Waals surface area (Å²) in [5.41, 5.74) is 0. The second kappa shape index (κ2) is 4.79. The largest absolute Gasteiger partial charge is 0.527 e. The monoisotopic (exact) mass is 248 g/mol. The Morgan fingerprint density at radius 2 is 1.71 bits per heavy atom. The Hall–Kier alpha value is -0.560. The number of phosphoric acid groups is 1. The third-order valence-corrected chi connectivity index (χ3v) is 2.08. The summed E-state index contributed by atoms with van der Waals surface area (Å²) in [7, 11) is -8.69. The molecule has 0 bridgehead atoms. The normalized spacial score (nSPS) is 15.7. The Kier molecular flexibility index (Phi) is 4.60. The van der Waals surface area contributed by atoms with Gasteiger partial charge >= 0.3 is 21.5 Å². The summed E-state index contributed by atoms with van der Waals surface area (Å²) in [4.78, 5) is 26.7. The maximum Gasteiger partial charge on any atom is 0.527 e. The summed E-state index contributed by atoms with van der Waals surface area (Å²) < 4.78 is 33.4. The van der Waals surface area contributed by atoms with Gasteiger partial charge in [0, 0.05) is 0 Å². The van der Waals surface area contributed by atoms with E-state index in [2.05, 4.69) is 4.52 Å². The molecule has 14 heavy (non-hydrogen) atoms. The number of phosphoric ester groups is 1. The van der Waals surface area contributed by atoms with Crippen molar-refractivity contribution < 1.29 is 43.0 Å². The van der Waals surface area contributed by atoms with Crippen LogP contribution in [0.3, 0.4) is 0 Å². The van der Waals surface area contributed by atoms with Crippen LogP contribution in [-0.2, 0) is 23.0 Å². The van der Waals surface area contributed by atoms with Crippen molar-refractivity contribution in [3.63, 3.8) is 0 Å². The zero-order valence-corrected chi connectivity index (χ0v) is 8.17. The van der Waals surface area contributed by atoms with E-state index < -0.39 is 33.4 Å². The molecule has 4 N–H and O–H groups in total. The summed E-state index contributed by atoms with van der Waals surface area (Å²) in [5, 5.41) is 17.2. The van der Waals surface area contributed by atoms with Crippen LogP contribution in [0, 0.1) is 0 Å². The summed E-state index contributed by atoms with van der Waals surface area (Å²) in [6.45, 7) is 0. The van der Waals surface area contributed by atoms with Crippen LogP contribution >= 0.6 is 15.5 Å². The molecule has 0 saturated heterocycles. The van der Waals surface area contributed by atoms with Crippen molar-refractivity contribution in [3.8, 4) is 0 Å². The van der Waals surface area contributed by atoms with E-state index in [-0.39, 0.29) is 0 Å². The third-order valence-electron chi connectivity index (χ3n) is 0.949. The second-order valence-electron chi connectivity index (χ2n) is 2.04. The molecule has 0 aliphatic carbocycles. The lowest BCUT2D eigenvalue weighted by Gasteiger charge is -2.10. The molecule has 0 amide bonds. The molecule has 0 aromatic rings. The van der Waals surface area contributed by atoms with Crippen LogP contribution in [0.15, 0.2) is 0 Å². The fourth-order valence-corrected chi connectivity index (χ4v) is 1.10. The molecular weight excluding hydrogens is 242 g/mol. The zero-order chi connectivity index (χ0) is 11.5. The molecule has 0 aromatic heterocycles. The third kappa shape index (κ3) is 4.61.